The first-order valence-electron chi connectivity index (χ1n) is 14.2. The van der Waals surface area contributed by atoms with Crippen molar-refractivity contribution in [2.75, 3.05) is 38.6 Å². The van der Waals surface area contributed by atoms with Gasteiger partial charge in [0, 0.05) is 59.3 Å². The van der Waals surface area contributed by atoms with Crippen LogP contribution in [0.1, 0.15) is 66.2 Å². The zero-order chi connectivity index (χ0) is 27.8. The number of anilines is 1. The average Bonchev–Trinajstić information content (AvgIpc) is 3.47. The van der Waals surface area contributed by atoms with Gasteiger partial charge < -0.3 is 24.2 Å². The van der Waals surface area contributed by atoms with Gasteiger partial charge in [0.1, 0.15) is 12.4 Å². The standard InChI is InChI=1S/C32H36ClN3O3S.CH4/c1-34(2)14-15-35-16-17-36-28-18-22(32(37)38)8-11-25(28)30(21-6-4-3-5-7-21)31(36)26-12-9-23(19-27(26)35)39-20-24-10-13-29(33)40-24;/h8-13,18-19,21H,3-7,14-17,20H2,1-2H3,(H,37,38);1H4. The highest BCUT2D eigenvalue weighted by atomic mass is 35.5. The predicted octanol–water partition coefficient (Wildman–Crippen LogP) is 8.37. The molecule has 4 aromatic rings. The van der Waals surface area contributed by atoms with E-state index in [0.29, 0.717) is 18.1 Å². The van der Waals surface area contributed by atoms with Crippen molar-refractivity contribution in [3.8, 4) is 17.0 Å². The first-order valence-corrected chi connectivity index (χ1v) is 15.4. The van der Waals surface area contributed by atoms with E-state index in [2.05, 4.69) is 52.7 Å². The maximum atomic E-state index is 11.9. The minimum atomic E-state index is -0.882. The topological polar surface area (TPSA) is 57.9 Å². The van der Waals surface area contributed by atoms with Crippen molar-refractivity contribution in [3.63, 3.8) is 0 Å². The zero-order valence-corrected chi connectivity index (χ0v) is 24.7. The number of nitrogens with zero attached hydrogens (tertiary/aromatic N) is 3. The SMILES string of the molecule is C.CN(C)CCN1CCn2c(c(C3CCCCC3)c3ccc(C(=O)O)cc32)-c2ccc(OCc3ccc(Cl)s3)cc21. The van der Waals surface area contributed by atoms with E-state index in [1.54, 1.807) is 17.4 Å². The van der Waals surface area contributed by atoms with Crippen LogP contribution in [-0.2, 0) is 13.2 Å². The summed E-state index contributed by atoms with van der Waals surface area (Å²) in [5.41, 5.74) is 6.41. The third kappa shape index (κ3) is 5.99. The summed E-state index contributed by atoms with van der Waals surface area (Å²) >= 11 is 7.68. The van der Waals surface area contributed by atoms with Crippen molar-refractivity contribution in [3.05, 3.63) is 68.9 Å². The van der Waals surface area contributed by atoms with Gasteiger partial charge in [-0.3, -0.25) is 0 Å². The fraction of sp³-hybridized carbons (Fsp3) is 0.424. The second-order valence-electron chi connectivity index (χ2n) is 11.2. The van der Waals surface area contributed by atoms with Crippen LogP contribution in [0.25, 0.3) is 22.2 Å². The molecule has 218 valence electrons. The van der Waals surface area contributed by atoms with E-state index in [9.17, 15) is 9.90 Å². The van der Waals surface area contributed by atoms with Gasteiger partial charge in [-0.2, -0.15) is 0 Å². The number of hydrogen-bond acceptors (Lipinski definition) is 5. The Labute approximate surface area is 252 Å². The lowest BCUT2D eigenvalue weighted by molar-refractivity contribution is 0.0697. The number of fused-ring (bicyclic) bond motifs is 5. The smallest absolute Gasteiger partial charge is 0.335 e. The van der Waals surface area contributed by atoms with Crippen LogP contribution in [0.2, 0.25) is 4.34 Å². The Morgan fingerprint density at radius 2 is 1.88 bits per heavy atom. The highest BCUT2D eigenvalue weighted by Gasteiger charge is 2.31. The van der Waals surface area contributed by atoms with E-state index < -0.39 is 5.97 Å². The van der Waals surface area contributed by atoms with Crippen LogP contribution in [-0.4, -0.2) is 54.3 Å². The third-order valence-electron chi connectivity index (χ3n) is 8.35. The number of benzene rings is 2. The highest BCUT2D eigenvalue weighted by molar-refractivity contribution is 7.16. The van der Waals surface area contributed by atoms with Crippen molar-refractivity contribution in [2.45, 2.75) is 58.6 Å². The lowest BCUT2D eigenvalue weighted by Crippen LogP contribution is -2.33. The van der Waals surface area contributed by atoms with Crippen molar-refractivity contribution >= 4 is 45.5 Å². The molecule has 6 nitrogen and oxygen atoms in total. The van der Waals surface area contributed by atoms with Crippen LogP contribution in [0, 0.1) is 0 Å². The number of hydrogen-bond donors (Lipinski definition) is 1. The number of halogens is 1. The van der Waals surface area contributed by atoms with Crippen LogP contribution < -0.4 is 9.64 Å². The molecule has 2 aliphatic rings. The molecule has 1 aliphatic heterocycles. The van der Waals surface area contributed by atoms with Gasteiger partial charge in [-0.15, -0.1) is 11.3 Å². The summed E-state index contributed by atoms with van der Waals surface area (Å²) in [7, 11) is 4.21. The quantitative estimate of drug-likeness (QED) is 0.222. The molecule has 0 saturated heterocycles. The molecule has 1 fully saturated rings. The number of aromatic nitrogens is 1. The molecule has 0 atom stereocenters. The molecular formula is C33H40ClN3O3S. The summed E-state index contributed by atoms with van der Waals surface area (Å²) in [6.07, 6.45) is 6.13. The van der Waals surface area contributed by atoms with Crippen molar-refractivity contribution in [1.82, 2.24) is 9.47 Å². The largest absolute Gasteiger partial charge is 0.488 e. The number of likely N-dealkylation sites (N-methyl/N-ethyl adjacent to an activating group) is 1. The molecule has 41 heavy (non-hydrogen) atoms. The maximum absolute atomic E-state index is 11.9. The van der Waals surface area contributed by atoms with Gasteiger partial charge in [0.2, 0.25) is 0 Å². The zero-order valence-electron chi connectivity index (χ0n) is 23.2. The summed E-state index contributed by atoms with van der Waals surface area (Å²) in [5, 5.41) is 11.0. The van der Waals surface area contributed by atoms with E-state index >= 15 is 0 Å². The second-order valence-corrected chi connectivity index (χ2v) is 13.0. The number of rotatable bonds is 8. The van der Waals surface area contributed by atoms with Gasteiger partial charge in [0.25, 0.3) is 0 Å². The molecule has 2 aromatic heterocycles. The molecule has 1 saturated carbocycles. The lowest BCUT2D eigenvalue weighted by Gasteiger charge is -2.27. The highest BCUT2D eigenvalue weighted by Crippen LogP contribution is 2.48. The van der Waals surface area contributed by atoms with Gasteiger partial charge in [-0.1, -0.05) is 44.4 Å². The fourth-order valence-electron chi connectivity index (χ4n) is 6.38. The molecule has 1 N–H and O–H groups in total. The lowest BCUT2D eigenvalue weighted by atomic mass is 9.81. The summed E-state index contributed by atoms with van der Waals surface area (Å²) in [5.74, 6) is 0.436. The molecule has 0 spiro atoms. The van der Waals surface area contributed by atoms with Gasteiger partial charge in [-0.25, -0.2) is 4.79 Å². The predicted molar refractivity (Wildman–Crippen MR) is 171 cm³/mol. The van der Waals surface area contributed by atoms with Crippen molar-refractivity contribution in [1.29, 1.82) is 0 Å². The minimum absolute atomic E-state index is 0. The van der Waals surface area contributed by atoms with Crippen LogP contribution in [0.15, 0.2) is 48.5 Å². The van der Waals surface area contributed by atoms with E-state index in [0.717, 1.165) is 46.7 Å². The van der Waals surface area contributed by atoms with E-state index in [1.807, 2.05) is 18.2 Å². The number of carboxylic acids is 1. The molecule has 0 unspecified atom stereocenters. The molecule has 2 aromatic carbocycles. The Morgan fingerprint density at radius 1 is 1.07 bits per heavy atom. The Bertz CT molecular complexity index is 1540. The first-order chi connectivity index (χ1) is 19.4. The van der Waals surface area contributed by atoms with Gasteiger partial charge in [-0.05, 0) is 74.8 Å². The Balaban J connectivity index is 0.00000337. The fourth-order valence-corrected chi connectivity index (χ4v) is 7.38. The molecule has 0 amide bonds. The number of ether oxygens (including phenoxy) is 1. The summed E-state index contributed by atoms with van der Waals surface area (Å²) in [6, 6.07) is 16.1. The minimum Gasteiger partial charge on any atom is -0.488 e. The van der Waals surface area contributed by atoms with Crippen LogP contribution in [0.3, 0.4) is 0 Å². The Hall–Kier alpha value is -3.00. The van der Waals surface area contributed by atoms with Gasteiger partial charge >= 0.3 is 5.97 Å². The molecule has 0 bridgehead atoms. The summed E-state index contributed by atoms with van der Waals surface area (Å²) in [4.78, 5) is 17.7. The summed E-state index contributed by atoms with van der Waals surface area (Å²) < 4.78 is 9.43. The molecule has 6 rings (SSSR count). The van der Waals surface area contributed by atoms with E-state index in [1.165, 1.54) is 60.0 Å². The first kappa shape index (κ1) is 29.5. The van der Waals surface area contributed by atoms with Gasteiger partial charge in [0.05, 0.1) is 15.6 Å². The Morgan fingerprint density at radius 3 is 2.59 bits per heavy atom. The van der Waals surface area contributed by atoms with Crippen LogP contribution in [0.5, 0.6) is 5.75 Å². The van der Waals surface area contributed by atoms with Crippen LogP contribution in [0.4, 0.5) is 5.69 Å². The number of carbonyl (C=O) groups is 1. The monoisotopic (exact) mass is 593 g/mol. The molecule has 0 radical (unpaired) electrons. The number of thiophene rings is 1. The molecule has 8 heteroatoms. The van der Waals surface area contributed by atoms with Crippen LogP contribution >= 0.6 is 22.9 Å². The van der Waals surface area contributed by atoms with E-state index in [-0.39, 0.29) is 7.43 Å². The normalized spacial score (nSPS) is 15.4. The Kier molecular flexibility index (Phi) is 8.97. The van der Waals surface area contributed by atoms with Gasteiger partial charge in [0.15, 0.2) is 0 Å². The molecule has 3 heterocycles. The number of aromatic carboxylic acids is 1. The average molecular weight is 594 g/mol. The molecule has 1 aliphatic carbocycles. The summed E-state index contributed by atoms with van der Waals surface area (Å²) in [6.45, 7) is 3.95. The second kappa shape index (κ2) is 12.5. The maximum Gasteiger partial charge on any atom is 0.335 e. The number of carboxylic acid groups (broad SMARTS) is 1. The van der Waals surface area contributed by atoms with E-state index in [4.69, 9.17) is 16.3 Å². The van der Waals surface area contributed by atoms with Crippen molar-refractivity contribution in [2.24, 2.45) is 0 Å². The molecular weight excluding hydrogens is 554 g/mol. The van der Waals surface area contributed by atoms with Crippen molar-refractivity contribution < 1.29 is 14.6 Å². The third-order valence-corrected chi connectivity index (χ3v) is 9.55.